The summed E-state index contributed by atoms with van der Waals surface area (Å²) in [7, 11) is 1.71. The topological polar surface area (TPSA) is 35.2 Å². The summed E-state index contributed by atoms with van der Waals surface area (Å²) in [5.74, 6) is 1.44. The van der Waals surface area contributed by atoms with Crippen molar-refractivity contribution in [2.45, 2.75) is 52.0 Å². The molecule has 1 rings (SSSR count). The zero-order valence-corrected chi connectivity index (χ0v) is 12.7. The van der Waals surface area contributed by atoms with E-state index in [2.05, 4.69) is 32.9 Å². The van der Waals surface area contributed by atoms with E-state index >= 15 is 0 Å². The predicted octanol–water partition coefficient (Wildman–Crippen LogP) is 4.43. The molecule has 3 heteroatoms. The van der Waals surface area contributed by atoms with Crippen molar-refractivity contribution in [2.75, 3.05) is 7.11 Å². The van der Waals surface area contributed by atoms with Gasteiger partial charge in [0.2, 0.25) is 0 Å². The lowest BCUT2D eigenvalue weighted by Crippen LogP contribution is -2.12. The fourth-order valence-electron chi connectivity index (χ4n) is 1.98. The van der Waals surface area contributed by atoms with Gasteiger partial charge in [-0.2, -0.15) is 0 Å². The maximum absolute atomic E-state index is 6.25. The minimum atomic E-state index is 0. The number of benzene rings is 1. The Labute approximate surface area is 117 Å². The molecule has 0 heterocycles. The first-order valence-electron chi connectivity index (χ1n) is 6.53. The summed E-state index contributed by atoms with van der Waals surface area (Å²) < 4.78 is 5.40. The summed E-state index contributed by atoms with van der Waals surface area (Å²) in [4.78, 5) is 0. The number of nitrogens with two attached hydrogens (primary N) is 1. The lowest BCUT2D eigenvalue weighted by Gasteiger charge is -2.18. The van der Waals surface area contributed by atoms with Crippen molar-refractivity contribution < 1.29 is 4.74 Å². The van der Waals surface area contributed by atoms with Gasteiger partial charge in [0.15, 0.2) is 0 Å². The molecule has 1 aromatic rings. The number of ether oxygens (including phenoxy) is 1. The lowest BCUT2D eigenvalue weighted by atomic mass is 9.95. The van der Waals surface area contributed by atoms with Crippen LogP contribution in [-0.2, 0) is 0 Å². The molecule has 2 N–H and O–H groups in total. The van der Waals surface area contributed by atoms with Crippen LogP contribution in [0.1, 0.15) is 63.1 Å². The molecular formula is C15H26ClNO. The maximum Gasteiger partial charge on any atom is 0.123 e. The molecule has 18 heavy (non-hydrogen) atoms. The van der Waals surface area contributed by atoms with Gasteiger partial charge in [0.05, 0.1) is 7.11 Å². The molecule has 0 fully saturated rings. The molecule has 0 bridgehead atoms. The molecule has 1 atom stereocenters. The van der Waals surface area contributed by atoms with E-state index in [4.69, 9.17) is 10.5 Å². The van der Waals surface area contributed by atoms with E-state index in [0.717, 1.165) is 24.2 Å². The molecule has 0 spiro atoms. The highest BCUT2D eigenvalue weighted by molar-refractivity contribution is 5.85. The van der Waals surface area contributed by atoms with Gasteiger partial charge in [-0.15, -0.1) is 12.4 Å². The largest absolute Gasteiger partial charge is 0.496 e. The average Bonchev–Trinajstić information content (AvgIpc) is 2.34. The van der Waals surface area contributed by atoms with Crippen molar-refractivity contribution in [1.29, 1.82) is 0 Å². The van der Waals surface area contributed by atoms with Gasteiger partial charge in [-0.3, -0.25) is 0 Å². The average molecular weight is 272 g/mol. The second kappa shape index (κ2) is 8.39. The van der Waals surface area contributed by atoms with Gasteiger partial charge in [-0.25, -0.2) is 0 Å². The van der Waals surface area contributed by atoms with Gasteiger partial charge in [-0.1, -0.05) is 45.7 Å². The van der Waals surface area contributed by atoms with Gasteiger partial charge in [0.25, 0.3) is 0 Å². The molecule has 0 aliphatic rings. The lowest BCUT2D eigenvalue weighted by molar-refractivity contribution is 0.403. The van der Waals surface area contributed by atoms with Crippen molar-refractivity contribution in [3.8, 4) is 5.75 Å². The maximum atomic E-state index is 6.25. The summed E-state index contributed by atoms with van der Waals surface area (Å²) in [6.07, 6.45) is 3.37. The molecule has 0 amide bonds. The van der Waals surface area contributed by atoms with E-state index in [1.807, 2.05) is 6.07 Å². The van der Waals surface area contributed by atoms with Crippen molar-refractivity contribution in [2.24, 2.45) is 5.73 Å². The molecule has 0 saturated carbocycles. The Hall–Kier alpha value is -0.730. The molecule has 0 aromatic heterocycles. The molecule has 0 aliphatic heterocycles. The molecule has 0 saturated heterocycles. The molecule has 2 nitrogen and oxygen atoms in total. The molecule has 0 aliphatic carbocycles. The minimum Gasteiger partial charge on any atom is -0.496 e. The second-order valence-electron chi connectivity index (χ2n) is 4.90. The van der Waals surface area contributed by atoms with Gasteiger partial charge in [-0.05, 0) is 24.0 Å². The Morgan fingerprint density at radius 2 is 1.94 bits per heavy atom. The van der Waals surface area contributed by atoms with Crippen molar-refractivity contribution in [3.05, 3.63) is 29.3 Å². The molecular weight excluding hydrogens is 246 g/mol. The van der Waals surface area contributed by atoms with Gasteiger partial charge >= 0.3 is 0 Å². The van der Waals surface area contributed by atoms with Crippen LogP contribution >= 0.6 is 12.4 Å². The normalized spacial score (nSPS) is 12.1. The second-order valence-corrected chi connectivity index (χ2v) is 4.90. The fraction of sp³-hybridized carbons (Fsp3) is 0.600. The summed E-state index contributed by atoms with van der Waals surface area (Å²) in [6.45, 7) is 6.58. The Kier molecular flexibility index (Phi) is 8.05. The van der Waals surface area contributed by atoms with Gasteiger partial charge < -0.3 is 10.5 Å². The van der Waals surface area contributed by atoms with E-state index in [-0.39, 0.29) is 18.4 Å². The fourth-order valence-corrected chi connectivity index (χ4v) is 1.98. The van der Waals surface area contributed by atoms with Crippen LogP contribution in [0.4, 0.5) is 0 Å². The number of rotatable bonds is 6. The number of hydrogen-bond donors (Lipinski definition) is 1. The predicted molar refractivity (Wildman–Crippen MR) is 80.8 cm³/mol. The Bertz CT molecular complexity index is 352. The summed E-state index contributed by atoms with van der Waals surface area (Å²) >= 11 is 0. The number of unbranched alkanes of at least 4 members (excludes halogenated alkanes) is 1. The zero-order chi connectivity index (χ0) is 12.8. The molecule has 0 unspecified atom stereocenters. The SMILES string of the molecule is CCCC[C@H](N)c1cc(C(C)C)ccc1OC.Cl. The monoisotopic (exact) mass is 271 g/mol. The van der Waals surface area contributed by atoms with Crippen LogP contribution in [0.3, 0.4) is 0 Å². The zero-order valence-electron chi connectivity index (χ0n) is 11.9. The first-order valence-corrected chi connectivity index (χ1v) is 6.53. The summed E-state index contributed by atoms with van der Waals surface area (Å²) in [5.41, 5.74) is 8.72. The van der Waals surface area contributed by atoms with Crippen LogP contribution in [0.5, 0.6) is 5.75 Å². The van der Waals surface area contributed by atoms with E-state index in [0.29, 0.717) is 5.92 Å². The highest BCUT2D eigenvalue weighted by atomic mass is 35.5. The number of hydrogen-bond acceptors (Lipinski definition) is 2. The molecule has 104 valence electrons. The molecule has 0 radical (unpaired) electrons. The third-order valence-corrected chi connectivity index (χ3v) is 3.19. The van der Waals surface area contributed by atoms with Gasteiger partial charge in [0, 0.05) is 11.6 Å². The van der Waals surface area contributed by atoms with Crippen molar-refractivity contribution in [1.82, 2.24) is 0 Å². The van der Waals surface area contributed by atoms with Crippen LogP contribution in [0.25, 0.3) is 0 Å². The highest BCUT2D eigenvalue weighted by Crippen LogP contribution is 2.30. The Balaban J connectivity index is 0.00000289. The standard InChI is InChI=1S/C15H25NO.ClH/c1-5-6-7-14(16)13-10-12(11(2)3)8-9-15(13)17-4;/h8-11,14H,5-7,16H2,1-4H3;1H/t14-;/m0./s1. The first-order chi connectivity index (χ1) is 8.10. The van der Waals surface area contributed by atoms with Crippen LogP contribution in [-0.4, -0.2) is 7.11 Å². The highest BCUT2D eigenvalue weighted by Gasteiger charge is 2.13. The van der Waals surface area contributed by atoms with Gasteiger partial charge in [0.1, 0.15) is 5.75 Å². The minimum absolute atomic E-state index is 0. The summed E-state index contributed by atoms with van der Waals surface area (Å²) in [5, 5.41) is 0. The van der Waals surface area contributed by atoms with Crippen LogP contribution in [0.15, 0.2) is 18.2 Å². The first kappa shape index (κ1) is 17.3. The Morgan fingerprint density at radius 3 is 2.44 bits per heavy atom. The van der Waals surface area contributed by atoms with Crippen molar-refractivity contribution in [3.63, 3.8) is 0 Å². The summed E-state index contributed by atoms with van der Waals surface area (Å²) in [6, 6.07) is 6.45. The van der Waals surface area contributed by atoms with E-state index in [9.17, 15) is 0 Å². The van der Waals surface area contributed by atoms with E-state index < -0.39 is 0 Å². The van der Waals surface area contributed by atoms with Crippen molar-refractivity contribution >= 4 is 12.4 Å². The third kappa shape index (κ3) is 4.51. The Morgan fingerprint density at radius 1 is 1.28 bits per heavy atom. The number of halogens is 1. The van der Waals surface area contributed by atoms with Crippen LogP contribution in [0, 0.1) is 0 Å². The number of methoxy groups -OCH3 is 1. The smallest absolute Gasteiger partial charge is 0.123 e. The van der Waals surface area contributed by atoms with Crippen LogP contribution < -0.4 is 10.5 Å². The van der Waals surface area contributed by atoms with E-state index in [1.165, 1.54) is 12.0 Å². The quantitative estimate of drug-likeness (QED) is 0.831. The van der Waals surface area contributed by atoms with Crippen LogP contribution in [0.2, 0.25) is 0 Å². The van der Waals surface area contributed by atoms with E-state index in [1.54, 1.807) is 7.11 Å². The third-order valence-electron chi connectivity index (χ3n) is 3.19. The molecule has 1 aromatic carbocycles.